The Hall–Kier alpha value is -3.71. The van der Waals surface area contributed by atoms with Gasteiger partial charge in [-0.25, -0.2) is 15.0 Å². The quantitative estimate of drug-likeness (QED) is 0.497. The Kier molecular flexibility index (Phi) is 5.34. The van der Waals surface area contributed by atoms with Gasteiger partial charge in [0.15, 0.2) is 11.5 Å². The third kappa shape index (κ3) is 4.32. The highest BCUT2D eigenvalue weighted by Crippen LogP contribution is 2.50. The lowest BCUT2D eigenvalue weighted by atomic mass is 10.0. The number of aromatic nitrogens is 5. The van der Waals surface area contributed by atoms with Gasteiger partial charge in [0.1, 0.15) is 29.3 Å². The largest absolute Gasteiger partial charge is 0.489 e. The second-order valence-electron chi connectivity index (χ2n) is 8.95. The first-order valence-electron chi connectivity index (χ1n) is 11.0. The molecule has 0 aliphatic heterocycles. The summed E-state index contributed by atoms with van der Waals surface area (Å²) in [4.78, 5) is 13.0. The predicted molar refractivity (Wildman–Crippen MR) is 121 cm³/mol. The van der Waals surface area contributed by atoms with Gasteiger partial charge in [0.25, 0.3) is 0 Å². The SMILES string of the molecule is COc1nc(C2(C)CC2)cc(O[C@@H]2CC[C@H](N)C2)c1-c1cc(Nc2cnc(C#N)cn2)n[nH]1. The van der Waals surface area contributed by atoms with E-state index in [4.69, 9.17) is 25.5 Å². The van der Waals surface area contributed by atoms with E-state index in [9.17, 15) is 0 Å². The minimum absolute atomic E-state index is 0.0557. The maximum Gasteiger partial charge on any atom is 0.226 e. The van der Waals surface area contributed by atoms with Crippen LogP contribution in [0.4, 0.5) is 11.6 Å². The first-order valence-corrected chi connectivity index (χ1v) is 11.0. The van der Waals surface area contributed by atoms with Crippen molar-refractivity contribution in [1.29, 1.82) is 5.26 Å². The molecule has 0 radical (unpaired) electrons. The number of methoxy groups -OCH3 is 1. The van der Waals surface area contributed by atoms with E-state index >= 15 is 0 Å². The Morgan fingerprint density at radius 2 is 2.06 bits per heavy atom. The molecule has 0 bridgehead atoms. The van der Waals surface area contributed by atoms with E-state index < -0.39 is 0 Å². The normalized spacial score (nSPS) is 20.8. The lowest BCUT2D eigenvalue weighted by Crippen LogP contribution is -2.19. The smallest absolute Gasteiger partial charge is 0.226 e. The van der Waals surface area contributed by atoms with Gasteiger partial charge in [0.2, 0.25) is 5.88 Å². The molecular weight excluding hydrogens is 420 g/mol. The Bertz CT molecular complexity index is 1200. The number of nitrogens with zero attached hydrogens (tertiary/aromatic N) is 5. The molecule has 3 aromatic rings. The predicted octanol–water partition coefficient (Wildman–Crippen LogP) is 3.20. The standard InChI is InChI=1S/C23H26N8O2/c1-23(5-6-23)18-9-17(33-15-4-3-13(25)7-15)21(22(28-18)32-2)16-8-19(31-30-16)29-20-12-26-14(10-24)11-27-20/h8-9,11-13,15H,3-7,25H2,1-2H3,(H2,27,29,30,31)/t13-,15+/m0/s1. The van der Waals surface area contributed by atoms with Crippen LogP contribution < -0.4 is 20.5 Å². The zero-order valence-corrected chi connectivity index (χ0v) is 18.6. The molecule has 2 aliphatic carbocycles. The van der Waals surface area contributed by atoms with Gasteiger partial charge in [-0.2, -0.15) is 10.4 Å². The minimum Gasteiger partial charge on any atom is -0.489 e. The number of nitrogens with one attached hydrogen (secondary N) is 2. The number of H-pyrrole nitrogens is 1. The van der Waals surface area contributed by atoms with Crippen molar-refractivity contribution in [3.63, 3.8) is 0 Å². The fraction of sp³-hybridized carbons (Fsp3) is 0.435. The summed E-state index contributed by atoms with van der Waals surface area (Å²) >= 11 is 0. The molecule has 10 nitrogen and oxygen atoms in total. The fourth-order valence-electron chi connectivity index (χ4n) is 4.10. The molecule has 10 heteroatoms. The molecule has 5 rings (SSSR count). The van der Waals surface area contributed by atoms with E-state index in [2.05, 4.69) is 32.4 Å². The Balaban J connectivity index is 1.49. The maximum absolute atomic E-state index is 8.89. The zero-order valence-electron chi connectivity index (χ0n) is 18.6. The lowest BCUT2D eigenvalue weighted by molar-refractivity contribution is 0.207. The molecule has 0 saturated heterocycles. The lowest BCUT2D eigenvalue weighted by Gasteiger charge is -2.20. The Labute approximate surface area is 191 Å². The third-order valence-corrected chi connectivity index (χ3v) is 6.35. The zero-order chi connectivity index (χ0) is 23.0. The average Bonchev–Trinajstić information content (AvgIpc) is 3.20. The molecule has 3 heterocycles. The molecule has 0 spiro atoms. The molecule has 170 valence electrons. The summed E-state index contributed by atoms with van der Waals surface area (Å²) < 4.78 is 12.2. The number of anilines is 2. The van der Waals surface area contributed by atoms with Crippen LogP contribution in [-0.4, -0.2) is 44.4 Å². The first kappa shape index (κ1) is 21.2. The summed E-state index contributed by atoms with van der Waals surface area (Å²) in [6.45, 7) is 2.21. The number of nitriles is 1. The third-order valence-electron chi connectivity index (χ3n) is 6.35. The second kappa shape index (κ2) is 8.33. The van der Waals surface area contributed by atoms with Crippen molar-refractivity contribution in [1.82, 2.24) is 25.1 Å². The van der Waals surface area contributed by atoms with Crippen LogP contribution in [0.5, 0.6) is 11.6 Å². The van der Waals surface area contributed by atoms with E-state index in [1.807, 2.05) is 18.2 Å². The highest BCUT2D eigenvalue weighted by molar-refractivity contribution is 5.75. The minimum atomic E-state index is 0.0557. The van der Waals surface area contributed by atoms with Crippen LogP contribution in [-0.2, 0) is 5.41 Å². The second-order valence-corrected chi connectivity index (χ2v) is 8.95. The molecule has 2 fully saturated rings. The van der Waals surface area contributed by atoms with Gasteiger partial charge in [-0.3, -0.25) is 5.10 Å². The molecule has 2 saturated carbocycles. The summed E-state index contributed by atoms with van der Waals surface area (Å²) in [6.07, 6.45) is 7.84. The monoisotopic (exact) mass is 446 g/mol. The summed E-state index contributed by atoms with van der Waals surface area (Å²) in [5.74, 6) is 2.23. The highest BCUT2D eigenvalue weighted by Gasteiger charge is 2.42. The number of rotatable bonds is 7. The van der Waals surface area contributed by atoms with Crippen molar-refractivity contribution < 1.29 is 9.47 Å². The van der Waals surface area contributed by atoms with Gasteiger partial charge in [0, 0.05) is 23.6 Å². The number of ether oxygens (including phenoxy) is 2. The van der Waals surface area contributed by atoms with Crippen LogP contribution in [0.3, 0.4) is 0 Å². The molecule has 3 aromatic heterocycles. The van der Waals surface area contributed by atoms with Crippen LogP contribution in [0.25, 0.3) is 11.3 Å². The van der Waals surface area contributed by atoms with E-state index in [0.717, 1.165) is 49.1 Å². The number of nitrogens with two attached hydrogens (primary N) is 1. The molecule has 0 amide bonds. The van der Waals surface area contributed by atoms with Crippen LogP contribution in [0, 0.1) is 11.3 Å². The van der Waals surface area contributed by atoms with Crippen molar-refractivity contribution in [2.75, 3.05) is 12.4 Å². The molecule has 4 N–H and O–H groups in total. The fourth-order valence-corrected chi connectivity index (χ4v) is 4.10. The molecular formula is C23H26N8O2. The topological polar surface area (TPSA) is 148 Å². The van der Waals surface area contributed by atoms with Crippen molar-refractivity contribution in [2.45, 2.75) is 56.6 Å². The summed E-state index contributed by atoms with van der Waals surface area (Å²) in [6, 6.07) is 5.99. The van der Waals surface area contributed by atoms with Crippen molar-refractivity contribution in [3.8, 4) is 29.0 Å². The Morgan fingerprint density at radius 3 is 2.70 bits per heavy atom. The number of aromatic amines is 1. The van der Waals surface area contributed by atoms with Gasteiger partial charge in [-0.05, 0) is 32.1 Å². The summed E-state index contributed by atoms with van der Waals surface area (Å²) in [7, 11) is 1.61. The summed E-state index contributed by atoms with van der Waals surface area (Å²) in [5, 5.41) is 19.4. The molecule has 33 heavy (non-hydrogen) atoms. The first-order chi connectivity index (χ1) is 16.0. The van der Waals surface area contributed by atoms with Gasteiger partial charge in [-0.15, -0.1) is 0 Å². The molecule has 0 unspecified atom stereocenters. The van der Waals surface area contributed by atoms with E-state index in [-0.39, 0.29) is 23.3 Å². The number of pyridine rings is 1. The van der Waals surface area contributed by atoms with E-state index in [1.165, 1.54) is 12.4 Å². The van der Waals surface area contributed by atoms with Crippen LogP contribution >= 0.6 is 0 Å². The average molecular weight is 447 g/mol. The molecule has 2 atom stereocenters. The molecule has 0 aromatic carbocycles. The maximum atomic E-state index is 8.89. The van der Waals surface area contributed by atoms with Crippen molar-refractivity contribution >= 4 is 11.6 Å². The summed E-state index contributed by atoms with van der Waals surface area (Å²) in [5.41, 5.74) is 8.83. The Morgan fingerprint density at radius 1 is 1.21 bits per heavy atom. The van der Waals surface area contributed by atoms with E-state index in [0.29, 0.717) is 23.2 Å². The van der Waals surface area contributed by atoms with Gasteiger partial charge in [0.05, 0.1) is 30.9 Å². The van der Waals surface area contributed by atoms with Gasteiger partial charge >= 0.3 is 0 Å². The van der Waals surface area contributed by atoms with Crippen molar-refractivity contribution in [3.05, 3.63) is 35.9 Å². The van der Waals surface area contributed by atoms with Crippen LogP contribution in [0.1, 0.15) is 50.4 Å². The van der Waals surface area contributed by atoms with E-state index in [1.54, 1.807) is 7.11 Å². The van der Waals surface area contributed by atoms with Crippen LogP contribution in [0.2, 0.25) is 0 Å². The number of hydrogen-bond donors (Lipinski definition) is 3. The van der Waals surface area contributed by atoms with Gasteiger partial charge < -0.3 is 20.5 Å². The molecule has 2 aliphatic rings. The highest BCUT2D eigenvalue weighted by atomic mass is 16.5. The number of hydrogen-bond acceptors (Lipinski definition) is 9. The van der Waals surface area contributed by atoms with Crippen molar-refractivity contribution in [2.24, 2.45) is 5.73 Å². The van der Waals surface area contributed by atoms with Crippen LogP contribution in [0.15, 0.2) is 24.5 Å². The van der Waals surface area contributed by atoms with Gasteiger partial charge in [-0.1, -0.05) is 6.92 Å².